The molecule has 11 nitrogen and oxygen atoms in total. The smallest absolute Gasteiger partial charge is 0.343 e. The molecule has 11 heteroatoms. The lowest BCUT2D eigenvalue weighted by Gasteiger charge is -2.34. The van der Waals surface area contributed by atoms with Gasteiger partial charge >= 0.3 is 5.97 Å². The van der Waals surface area contributed by atoms with E-state index in [0.29, 0.717) is 22.2 Å². The van der Waals surface area contributed by atoms with Crippen molar-refractivity contribution >= 4 is 22.6 Å². The van der Waals surface area contributed by atoms with E-state index in [9.17, 15) is 29.9 Å². The number of nitrogens with zero attached hydrogens (tertiary/aromatic N) is 3. The maximum Gasteiger partial charge on any atom is 0.343 e. The largest absolute Gasteiger partial charge is 0.463 e. The lowest BCUT2D eigenvalue weighted by Crippen LogP contribution is -2.45. The highest BCUT2D eigenvalue weighted by Gasteiger charge is 2.49. The fraction of sp³-hybridized carbons (Fsp3) is 0.318. The summed E-state index contributed by atoms with van der Waals surface area (Å²) >= 11 is 0. The van der Waals surface area contributed by atoms with Crippen LogP contribution in [-0.4, -0.2) is 36.9 Å². The first-order valence-corrected chi connectivity index (χ1v) is 10.3. The number of ether oxygens (including phenoxy) is 2. The van der Waals surface area contributed by atoms with Crippen LogP contribution in [0.3, 0.4) is 0 Å². The molecule has 33 heavy (non-hydrogen) atoms. The van der Waals surface area contributed by atoms with Gasteiger partial charge in [-0.3, -0.25) is 19.5 Å². The Bertz CT molecular complexity index is 1430. The Balaban J connectivity index is 1.84. The molecule has 1 unspecified atom stereocenters. The van der Waals surface area contributed by atoms with Gasteiger partial charge in [0.1, 0.15) is 12.3 Å². The van der Waals surface area contributed by atoms with Gasteiger partial charge in [-0.15, -0.1) is 0 Å². The summed E-state index contributed by atoms with van der Waals surface area (Å²) in [5.74, 6) is -0.928. The molecule has 0 saturated carbocycles. The molecule has 3 aromatic rings. The molecule has 1 aromatic carbocycles. The molecule has 2 aromatic heterocycles. The normalized spacial score (nSPS) is 19.5. The molecule has 170 valence electrons. The number of nitro benzene ring substituents is 1. The van der Waals surface area contributed by atoms with Gasteiger partial charge in [-0.1, -0.05) is 6.92 Å². The van der Waals surface area contributed by atoms with Gasteiger partial charge in [-0.2, -0.15) is 0 Å². The number of aliphatic hydroxyl groups is 2. The minimum absolute atomic E-state index is 0.0203. The van der Waals surface area contributed by atoms with Crippen LogP contribution in [0, 0.1) is 10.1 Å². The van der Waals surface area contributed by atoms with E-state index >= 15 is 0 Å². The van der Waals surface area contributed by atoms with Crippen molar-refractivity contribution < 1.29 is 29.4 Å². The van der Waals surface area contributed by atoms with Crippen LogP contribution in [0.2, 0.25) is 0 Å². The number of nitro groups is 1. The number of carbonyl (C=O) groups excluding carboxylic acids is 1. The number of aromatic nitrogens is 2. The Kier molecular flexibility index (Phi) is 4.52. The van der Waals surface area contributed by atoms with E-state index in [0.717, 1.165) is 0 Å². The first-order chi connectivity index (χ1) is 15.7. The molecule has 0 spiro atoms. The van der Waals surface area contributed by atoms with Crippen molar-refractivity contribution in [3.8, 4) is 17.1 Å². The third kappa shape index (κ3) is 2.93. The number of hydrogen-bond acceptors (Lipinski definition) is 9. The summed E-state index contributed by atoms with van der Waals surface area (Å²) in [7, 11) is 0. The lowest BCUT2D eigenvalue weighted by molar-refractivity contribution is -0.384. The topological polar surface area (TPSA) is 154 Å². The summed E-state index contributed by atoms with van der Waals surface area (Å²) in [5.41, 5.74) is -1.04. The average Bonchev–Trinajstić information content (AvgIpc) is 3.15. The Morgan fingerprint density at radius 3 is 2.79 bits per heavy atom. The van der Waals surface area contributed by atoms with Crippen molar-refractivity contribution in [2.45, 2.75) is 45.3 Å². The molecule has 0 saturated heterocycles. The van der Waals surface area contributed by atoms with Gasteiger partial charge in [0, 0.05) is 23.1 Å². The number of aliphatic hydroxyl groups excluding tert-OH is 1. The lowest BCUT2D eigenvalue weighted by atomic mass is 9.85. The van der Waals surface area contributed by atoms with E-state index in [2.05, 4.69) is 4.98 Å². The van der Waals surface area contributed by atoms with Crippen LogP contribution in [0.5, 0.6) is 5.75 Å². The molecule has 2 aliphatic rings. The highest BCUT2D eigenvalue weighted by molar-refractivity contribution is 5.89. The molecular formula is C22H19N3O8. The molecule has 0 aliphatic carbocycles. The minimum Gasteiger partial charge on any atom is -0.463 e. The summed E-state index contributed by atoms with van der Waals surface area (Å²) in [4.78, 5) is 41.1. The number of cyclic esters (lactones) is 1. The van der Waals surface area contributed by atoms with Gasteiger partial charge in [-0.05, 0) is 25.5 Å². The van der Waals surface area contributed by atoms with Crippen LogP contribution < -0.4 is 10.3 Å². The summed E-state index contributed by atoms with van der Waals surface area (Å²) < 4.78 is 12.1. The molecule has 5 rings (SSSR count). The molecule has 4 heterocycles. The van der Waals surface area contributed by atoms with Crippen LogP contribution >= 0.6 is 0 Å². The Morgan fingerprint density at radius 1 is 1.36 bits per heavy atom. The number of carbonyl (C=O) groups is 1. The second-order valence-electron chi connectivity index (χ2n) is 8.06. The van der Waals surface area contributed by atoms with Crippen LogP contribution in [0.15, 0.2) is 29.1 Å². The van der Waals surface area contributed by atoms with Crippen LogP contribution in [0.4, 0.5) is 5.69 Å². The van der Waals surface area contributed by atoms with Gasteiger partial charge in [0.2, 0.25) is 0 Å². The van der Waals surface area contributed by atoms with Gasteiger partial charge < -0.3 is 19.7 Å². The Hall–Kier alpha value is -3.83. The molecule has 2 aliphatic heterocycles. The molecular weight excluding hydrogens is 434 g/mol. The molecule has 0 amide bonds. The number of benzene rings is 1. The second-order valence-corrected chi connectivity index (χ2v) is 8.06. The van der Waals surface area contributed by atoms with Crippen molar-refractivity contribution in [2.75, 3.05) is 0 Å². The van der Waals surface area contributed by atoms with Gasteiger partial charge in [0.05, 0.1) is 33.8 Å². The van der Waals surface area contributed by atoms with Crippen molar-refractivity contribution in [2.24, 2.45) is 0 Å². The zero-order chi connectivity index (χ0) is 23.7. The molecule has 0 bridgehead atoms. The van der Waals surface area contributed by atoms with E-state index in [1.54, 1.807) is 13.0 Å². The predicted molar refractivity (Wildman–Crippen MR) is 113 cm³/mol. The van der Waals surface area contributed by atoms with E-state index < -0.39 is 28.3 Å². The highest BCUT2D eigenvalue weighted by atomic mass is 16.6. The van der Waals surface area contributed by atoms with Crippen LogP contribution in [0.25, 0.3) is 22.3 Å². The Morgan fingerprint density at radius 2 is 2.12 bits per heavy atom. The third-order valence-corrected chi connectivity index (χ3v) is 6.06. The summed E-state index contributed by atoms with van der Waals surface area (Å²) in [6.07, 6.45) is -1.40. The number of pyridine rings is 2. The first-order valence-electron chi connectivity index (χ1n) is 10.3. The standard InChI is InChI=1S/C22H19N3O8/c1-3-22(29)16-14(9-32-21(22)28)20(27)24-8-12-6-11-7-13(25(30)31)4-5-15(11)23-17(12)18(24)19(16)33-10(2)26/h4-7,10,26,29H,3,8-9H2,1-2H3/t10?,22-/m0/s1. The van der Waals surface area contributed by atoms with Crippen molar-refractivity contribution in [1.29, 1.82) is 0 Å². The fourth-order valence-electron chi connectivity index (χ4n) is 4.49. The van der Waals surface area contributed by atoms with Crippen molar-refractivity contribution in [3.05, 3.63) is 61.4 Å². The Labute approximate surface area is 186 Å². The number of esters is 1. The summed E-state index contributed by atoms with van der Waals surface area (Å²) in [6, 6.07) is 5.93. The third-order valence-electron chi connectivity index (χ3n) is 6.06. The van der Waals surface area contributed by atoms with Crippen LogP contribution in [-0.2, 0) is 28.3 Å². The van der Waals surface area contributed by atoms with E-state index in [1.807, 2.05) is 0 Å². The number of non-ortho nitro benzene ring substituents is 1. The zero-order valence-electron chi connectivity index (χ0n) is 17.7. The first kappa shape index (κ1) is 21.0. The average molecular weight is 453 g/mol. The van der Waals surface area contributed by atoms with Crippen molar-refractivity contribution in [1.82, 2.24) is 9.55 Å². The molecule has 2 atom stereocenters. The monoisotopic (exact) mass is 453 g/mol. The second kappa shape index (κ2) is 7.09. The van der Waals surface area contributed by atoms with Crippen LogP contribution in [0.1, 0.15) is 37.0 Å². The van der Waals surface area contributed by atoms with E-state index in [-0.39, 0.29) is 47.8 Å². The van der Waals surface area contributed by atoms with Gasteiger partial charge in [0.15, 0.2) is 17.6 Å². The van der Waals surface area contributed by atoms with E-state index in [4.69, 9.17) is 9.47 Å². The number of hydrogen-bond donors (Lipinski definition) is 2. The zero-order valence-corrected chi connectivity index (χ0v) is 17.7. The number of rotatable bonds is 4. The van der Waals surface area contributed by atoms with E-state index in [1.165, 1.54) is 29.7 Å². The predicted octanol–water partition coefficient (Wildman–Crippen LogP) is 1.70. The minimum atomic E-state index is -2.13. The number of fused-ring (bicyclic) bond motifs is 5. The molecule has 0 fully saturated rings. The molecule has 0 radical (unpaired) electrons. The summed E-state index contributed by atoms with van der Waals surface area (Å²) in [6.45, 7) is 2.68. The maximum atomic E-state index is 13.4. The van der Waals surface area contributed by atoms with Gasteiger partial charge in [-0.25, -0.2) is 9.78 Å². The fourth-order valence-corrected chi connectivity index (χ4v) is 4.49. The summed E-state index contributed by atoms with van der Waals surface area (Å²) in [5, 5.41) is 32.9. The maximum absolute atomic E-state index is 13.4. The SMILES string of the molecule is CC[C@@]1(O)C(=O)OCc2c1c(OC(C)O)c1n(c2=O)Cc2cc3cc([N+](=O)[O-])ccc3nc2-1. The molecule has 2 N–H and O–H groups in total. The van der Waals surface area contributed by atoms with Crippen molar-refractivity contribution in [3.63, 3.8) is 0 Å². The van der Waals surface area contributed by atoms with Gasteiger partial charge in [0.25, 0.3) is 11.2 Å². The highest BCUT2D eigenvalue weighted by Crippen LogP contribution is 2.47. The quantitative estimate of drug-likeness (QED) is 0.203.